The van der Waals surface area contributed by atoms with Crippen molar-refractivity contribution in [2.24, 2.45) is 0 Å². The number of aryl methyl sites for hydroxylation is 2. The van der Waals surface area contributed by atoms with Crippen molar-refractivity contribution in [3.8, 4) is 0 Å². The van der Waals surface area contributed by atoms with Crippen LogP contribution < -0.4 is 4.90 Å². The van der Waals surface area contributed by atoms with Crippen LogP contribution in [0.5, 0.6) is 0 Å². The molecule has 0 atom stereocenters. The van der Waals surface area contributed by atoms with Gasteiger partial charge in [-0.3, -0.25) is 4.79 Å². The molecule has 0 aliphatic heterocycles. The summed E-state index contributed by atoms with van der Waals surface area (Å²) in [5, 5.41) is 0.563. The van der Waals surface area contributed by atoms with E-state index in [0.717, 1.165) is 11.1 Å². The zero-order chi connectivity index (χ0) is 29.3. The predicted molar refractivity (Wildman–Crippen MR) is 170 cm³/mol. The number of hydrogen-bond donors (Lipinski definition) is 0. The van der Waals surface area contributed by atoms with Crippen LogP contribution in [0.2, 0.25) is 5.02 Å². The lowest BCUT2D eigenvalue weighted by atomic mass is 10.1. The molecule has 1 amide bonds. The fourth-order valence-corrected chi connectivity index (χ4v) is 3.52. The largest absolute Gasteiger partial charge is 0.304 e. The van der Waals surface area contributed by atoms with Crippen LogP contribution in [0.4, 0.5) is 10.1 Å². The van der Waals surface area contributed by atoms with Gasteiger partial charge in [-0.2, -0.15) is 0 Å². The third-order valence-electron chi connectivity index (χ3n) is 5.65. The highest BCUT2D eigenvalue weighted by molar-refractivity contribution is 6.30. The van der Waals surface area contributed by atoms with Crippen LogP contribution in [-0.4, -0.2) is 12.5 Å². The minimum atomic E-state index is -0.346. The molecule has 0 aliphatic carbocycles. The first kappa shape index (κ1) is 32.0. The van der Waals surface area contributed by atoms with E-state index < -0.39 is 0 Å². The third kappa shape index (κ3) is 12.1. The Balaban J connectivity index is 0.000000322. The molecule has 0 saturated carbocycles. The maximum absolute atomic E-state index is 13.3. The van der Waals surface area contributed by atoms with E-state index in [-0.39, 0.29) is 11.7 Å². The number of halogens is 2. The molecule has 0 saturated heterocycles. The zero-order valence-electron chi connectivity index (χ0n) is 23.6. The monoisotopic (exact) mass is 553 g/mol. The summed E-state index contributed by atoms with van der Waals surface area (Å²) < 4.78 is 13.3. The predicted octanol–water partition coefficient (Wildman–Crippen LogP) is 10.2. The molecule has 4 heteroatoms. The lowest BCUT2D eigenvalue weighted by Gasteiger charge is -2.24. The molecular formula is C36H37ClFNO. The zero-order valence-corrected chi connectivity index (χ0v) is 24.4. The molecule has 0 heterocycles. The summed E-state index contributed by atoms with van der Waals surface area (Å²) >= 11 is 5.91. The average Bonchev–Trinajstić information content (AvgIpc) is 2.95. The molecule has 0 aliphatic rings. The van der Waals surface area contributed by atoms with Gasteiger partial charge in [0, 0.05) is 16.3 Å². The second kappa shape index (κ2) is 17.4. The topological polar surface area (TPSA) is 20.3 Å². The second-order valence-electron chi connectivity index (χ2n) is 9.23. The van der Waals surface area contributed by atoms with Crippen molar-refractivity contribution < 1.29 is 9.18 Å². The first-order valence-electron chi connectivity index (χ1n) is 13.0. The summed E-state index contributed by atoms with van der Waals surface area (Å²) in [4.78, 5) is 14.7. The van der Waals surface area contributed by atoms with Crippen LogP contribution in [0, 0.1) is 19.7 Å². The molecule has 0 aromatic heterocycles. The number of anilines is 1. The van der Waals surface area contributed by atoms with E-state index in [1.54, 1.807) is 41.3 Å². The smallest absolute Gasteiger partial charge is 0.258 e. The summed E-state index contributed by atoms with van der Waals surface area (Å²) in [6, 6.07) is 33.1. The Morgan fingerprint density at radius 1 is 0.800 bits per heavy atom. The van der Waals surface area contributed by atoms with Gasteiger partial charge in [-0.15, -0.1) is 0 Å². The average molecular weight is 554 g/mol. The van der Waals surface area contributed by atoms with Crippen molar-refractivity contribution in [1.82, 2.24) is 0 Å². The second-order valence-corrected chi connectivity index (χ2v) is 9.66. The normalized spacial score (nSPS) is 10.6. The number of hydrogen-bond acceptors (Lipinski definition) is 1. The Bertz CT molecular complexity index is 1340. The molecule has 4 aromatic rings. The standard InChI is InChI=1S/C22H21ClFNO.2C7H8/c1-4-17(6-5-16(2)3)15-25(21-13-11-20(24)12-14-21)22(26)18-7-9-19(23)10-8-18;2*1-7-5-3-2-4-6-7/h4-14H,2,15H2,1,3H3;2*2-6H,1H3/b6-5-,17-4+;;. The molecule has 0 unspecified atom stereocenters. The molecule has 206 valence electrons. The number of rotatable bonds is 6. The Morgan fingerprint density at radius 3 is 1.70 bits per heavy atom. The van der Waals surface area contributed by atoms with Gasteiger partial charge in [0.1, 0.15) is 5.82 Å². The maximum Gasteiger partial charge on any atom is 0.258 e. The van der Waals surface area contributed by atoms with E-state index in [1.807, 2.05) is 68.5 Å². The Labute approximate surface area is 243 Å². The first-order valence-corrected chi connectivity index (χ1v) is 13.4. The van der Waals surface area contributed by atoms with Crippen molar-refractivity contribution in [1.29, 1.82) is 0 Å². The summed E-state index contributed by atoms with van der Waals surface area (Å²) in [5.74, 6) is -0.530. The summed E-state index contributed by atoms with van der Waals surface area (Å²) in [7, 11) is 0. The van der Waals surface area contributed by atoms with Gasteiger partial charge >= 0.3 is 0 Å². The van der Waals surface area contributed by atoms with Gasteiger partial charge in [0.2, 0.25) is 0 Å². The molecule has 0 radical (unpaired) electrons. The molecule has 4 rings (SSSR count). The van der Waals surface area contributed by atoms with Gasteiger partial charge in [-0.25, -0.2) is 4.39 Å². The number of allylic oxidation sites excluding steroid dienone is 3. The van der Waals surface area contributed by atoms with Gasteiger partial charge in [-0.1, -0.05) is 114 Å². The highest BCUT2D eigenvalue weighted by Gasteiger charge is 2.18. The van der Waals surface area contributed by atoms with Crippen LogP contribution in [0.25, 0.3) is 0 Å². The van der Waals surface area contributed by atoms with Crippen molar-refractivity contribution in [2.45, 2.75) is 27.7 Å². The molecular weight excluding hydrogens is 517 g/mol. The highest BCUT2D eigenvalue weighted by atomic mass is 35.5. The Kier molecular flexibility index (Phi) is 13.9. The van der Waals surface area contributed by atoms with Crippen LogP contribution in [0.1, 0.15) is 35.3 Å². The van der Waals surface area contributed by atoms with E-state index in [4.69, 9.17) is 11.6 Å². The van der Waals surface area contributed by atoms with E-state index in [9.17, 15) is 9.18 Å². The fourth-order valence-electron chi connectivity index (χ4n) is 3.39. The van der Waals surface area contributed by atoms with Crippen molar-refractivity contribution in [3.63, 3.8) is 0 Å². The lowest BCUT2D eigenvalue weighted by molar-refractivity contribution is 0.0989. The van der Waals surface area contributed by atoms with Crippen LogP contribution >= 0.6 is 11.6 Å². The van der Waals surface area contributed by atoms with Gasteiger partial charge in [0.15, 0.2) is 0 Å². The SMILES string of the molecule is C=C(C)/C=C\C(=C/C)CN(C(=O)c1ccc(Cl)cc1)c1ccc(F)cc1.Cc1ccccc1.Cc1ccccc1. The van der Waals surface area contributed by atoms with Crippen molar-refractivity contribution >= 4 is 23.2 Å². The Hall–Kier alpha value is -4.21. The van der Waals surface area contributed by atoms with Crippen LogP contribution in [-0.2, 0) is 0 Å². The lowest BCUT2D eigenvalue weighted by Crippen LogP contribution is -2.32. The highest BCUT2D eigenvalue weighted by Crippen LogP contribution is 2.21. The number of carbonyl (C=O) groups excluding carboxylic acids is 1. The molecule has 0 bridgehead atoms. The summed E-state index contributed by atoms with van der Waals surface area (Å²) in [5.41, 5.74) is 5.64. The quantitative estimate of drug-likeness (QED) is 0.217. The Morgan fingerprint density at radius 2 is 1.30 bits per heavy atom. The third-order valence-corrected chi connectivity index (χ3v) is 5.90. The molecule has 2 nitrogen and oxygen atoms in total. The van der Waals surface area contributed by atoms with E-state index >= 15 is 0 Å². The summed E-state index contributed by atoms with van der Waals surface area (Å²) in [6.45, 7) is 12.2. The van der Waals surface area contributed by atoms with E-state index in [1.165, 1.54) is 23.3 Å². The molecule has 0 spiro atoms. The number of nitrogens with zero attached hydrogens (tertiary/aromatic N) is 1. The van der Waals surface area contributed by atoms with Gasteiger partial charge < -0.3 is 4.90 Å². The minimum absolute atomic E-state index is 0.184. The minimum Gasteiger partial charge on any atom is -0.304 e. The van der Waals surface area contributed by atoms with E-state index in [2.05, 4.69) is 44.7 Å². The van der Waals surface area contributed by atoms with Crippen molar-refractivity contribution in [2.75, 3.05) is 11.4 Å². The van der Waals surface area contributed by atoms with Gasteiger partial charge in [0.25, 0.3) is 5.91 Å². The van der Waals surface area contributed by atoms with Crippen LogP contribution in [0.15, 0.2) is 145 Å². The number of benzene rings is 4. The molecule has 0 N–H and O–H groups in total. The fraction of sp³-hybridized carbons (Fsp3) is 0.139. The van der Waals surface area contributed by atoms with E-state index in [0.29, 0.717) is 22.8 Å². The molecule has 4 aromatic carbocycles. The van der Waals surface area contributed by atoms with Gasteiger partial charge in [0.05, 0.1) is 6.54 Å². The number of carbonyl (C=O) groups is 1. The maximum atomic E-state index is 13.3. The molecule has 0 fully saturated rings. The molecule has 40 heavy (non-hydrogen) atoms. The van der Waals surface area contributed by atoms with Crippen LogP contribution in [0.3, 0.4) is 0 Å². The van der Waals surface area contributed by atoms with Gasteiger partial charge in [-0.05, 0) is 81.8 Å². The summed E-state index contributed by atoms with van der Waals surface area (Å²) in [6.07, 6.45) is 5.75. The van der Waals surface area contributed by atoms with Crippen molar-refractivity contribution in [3.05, 3.63) is 173 Å². The number of amides is 1. The first-order chi connectivity index (χ1) is 19.2.